The fraction of sp³-hybridized carbons (Fsp3) is 0.222. The molecule has 0 saturated heterocycles. The van der Waals surface area contributed by atoms with E-state index in [2.05, 4.69) is 17.9 Å². The molecule has 0 saturated carbocycles. The van der Waals surface area contributed by atoms with Crippen LogP contribution in [0.3, 0.4) is 0 Å². The third-order valence-electron chi connectivity index (χ3n) is 4.10. The summed E-state index contributed by atoms with van der Waals surface area (Å²) in [6.07, 6.45) is 0. The van der Waals surface area contributed by atoms with Crippen molar-refractivity contribution in [2.75, 3.05) is 7.05 Å². The van der Waals surface area contributed by atoms with Gasteiger partial charge in [-0.1, -0.05) is 30.3 Å². The van der Waals surface area contributed by atoms with Gasteiger partial charge in [-0.3, -0.25) is 15.0 Å². The molecular formula is C18H18N2O3. The Hall–Kier alpha value is -2.66. The first-order chi connectivity index (χ1) is 11.0. The van der Waals surface area contributed by atoms with Gasteiger partial charge >= 0.3 is 0 Å². The second kappa shape index (κ2) is 6.22. The molecule has 2 aromatic carbocycles. The molecule has 5 heteroatoms. The minimum absolute atomic E-state index is 0.109. The van der Waals surface area contributed by atoms with Crippen molar-refractivity contribution in [3.63, 3.8) is 0 Å². The van der Waals surface area contributed by atoms with Crippen LogP contribution in [0.5, 0.6) is 0 Å². The van der Waals surface area contributed by atoms with E-state index >= 15 is 0 Å². The molecule has 1 aromatic heterocycles. The van der Waals surface area contributed by atoms with E-state index in [0.717, 1.165) is 22.3 Å². The number of fused-ring (bicyclic) bond motifs is 1. The Kier molecular flexibility index (Phi) is 4.12. The molecular weight excluding hydrogens is 292 g/mol. The molecule has 0 aliphatic rings. The van der Waals surface area contributed by atoms with E-state index in [9.17, 15) is 10.1 Å². The van der Waals surface area contributed by atoms with Crippen LogP contribution < -0.4 is 0 Å². The predicted molar refractivity (Wildman–Crippen MR) is 89.2 cm³/mol. The van der Waals surface area contributed by atoms with Crippen molar-refractivity contribution in [3.8, 4) is 0 Å². The maximum absolute atomic E-state index is 10.7. The van der Waals surface area contributed by atoms with E-state index in [-0.39, 0.29) is 16.7 Å². The Balaban J connectivity index is 1.73. The molecule has 1 atom stereocenters. The molecule has 0 aliphatic carbocycles. The second-order valence-electron chi connectivity index (χ2n) is 5.70. The summed E-state index contributed by atoms with van der Waals surface area (Å²) in [7, 11) is 2.01. The van der Waals surface area contributed by atoms with Gasteiger partial charge in [-0.25, -0.2) is 0 Å². The Morgan fingerprint density at radius 3 is 2.52 bits per heavy atom. The van der Waals surface area contributed by atoms with Crippen molar-refractivity contribution in [1.82, 2.24) is 4.90 Å². The number of para-hydroxylation sites is 1. The molecule has 0 aliphatic heterocycles. The number of non-ortho nitro benzene ring substituents is 1. The first-order valence-electron chi connectivity index (χ1n) is 7.46. The highest BCUT2D eigenvalue weighted by Gasteiger charge is 2.16. The van der Waals surface area contributed by atoms with E-state index in [4.69, 9.17) is 4.42 Å². The maximum Gasteiger partial charge on any atom is 0.269 e. The molecule has 3 aromatic rings. The Morgan fingerprint density at radius 1 is 1.17 bits per heavy atom. The largest absolute Gasteiger partial charge is 0.459 e. The number of nitro groups is 1. The Bertz CT molecular complexity index is 791. The number of nitro benzene ring substituents is 1. The van der Waals surface area contributed by atoms with Crippen molar-refractivity contribution >= 4 is 16.7 Å². The molecule has 23 heavy (non-hydrogen) atoms. The lowest BCUT2D eigenvalue weighted by molar-refractivity contribution is -0.384. The summed E-state index contributed by atoms with van der Waals surface area (Å²) in [6.45, 7) is 2.78. The number of hydrogen-bond donors (Lipinski definition) is 0. The van der Waals surface area contributed by atoms with Gasteiger partial charge in [0, 0.05) is 24.1 Å². The zero-order chi connectivity index (χ0) is 16.4. The van der Waals surface area contributed by atoms with Crippen LogP contribution in [-0.4, -0.2) is 16.9 Å². The number of rotatable bonds is 5. The lowest BCUT2D eigenvalue weighted by Gasteiger charge is -2.22. The summed E-state index contributed by atoms with van der Waals surface area (Å²) in [5.74, 6) is 0.913. The fourth-order valence-electron chi connectivity index (χ4n) is 2.57. The standard InChI is InChI=1S/C18H18N2O3/c1-13(18-11-15-5-3-4-6-17(15)23-18)19(2)12-14-7-9-16(10-8-14)20(21)22/h3-11,13H,12H2,1-2H3/t13-/m0/s1. The minimum Gasteiger partial charge on any atom is -0.459 e. The van der Waals surface area contributed by atoms with Gasteiger partial charge in [0.1, 0.15) is 11.3 Å². The van der Waals surface area contributed by atoms with Crippen LogP contribution in [0.15, 0.2) is 59.0 Å². The third kappa shape index (κ3) is 3.24. The zero-order valence-corrected chi connectivity index (χ0v) is 13.1. The molecule has 0 radical (unpaired) electrons. The van der Waals surface area contributed by atoms with Crippen molar-refractivity contribution in [1.29, 1.82) is 0 Å². The van der Waals surface area contributed by atoms with Crippen LogP contribution >= 0.6 is 0 Å². The zero-order valence-electron chi connectivity index (χ0n) is 13.1. The quantitative estimate of drug-likeness (QED) is 0.513. The molecule has 0 amide bonds. The van der Waals surface area contributed by atoms with Crippen molar-refractivity contribution in [2.45, 2.75) is 19.5 Å². The van der Waals surface area contributed by atoms with Gasteiger partial charge in [-0.05, 0) is 31.7 Å². The van der Waals surface area contributed by atoms with Gasteiger partial charge in [0.05, 0.1) is 11.0 Å². The molecule has 0 N–H and O–H groups in total. The molecule has 0 fully saturated rings. The van der Waals surface area contributed by atoms with E-state index in [1.54, 1.807) is 12.1 Å². The molecule has 0 spiro atoms. The van der Waals surface area contributed by atoms with E-state index in [0.29, 0.717) is 6.54 Å². The van der Waals surface area contributed by atoms with Gasteiger partial charge in [-0.15, -0.1) is 0 Å². The first-order valence-corrected chi connectivity index (χ1v) is 7.46. The van der Waals surface area contributed by atoms with Crippen molar-refractivity contribution < 1.29 is 9.34 Å². The SMILES string of the molecule is C[C@@H](c1cc2ccccc2o1)N(C)Cc1ccc([N+](=O)[O-])cc1. The number of benzene rings is 2. The molecule has 118 valence electrons. The van der Waals surface area contributed by atoms with Crippen LogP contribution in [-0.2, 0) is 6.54 Å². The lowest BCUT2D eigenvalue weighted by Crippen LogP contribution is -2.21. The number of hydrogen-bond acceptors (Lipinski definition) is 4. The van der Waals surface area contributed by atoms with Gasteiger partial charge in [0.15, 0.2) is 0 Å². The second-order valence-corrected chi connectivity index (χ2v) is 5.70. The topological polar surface area (TPSA) is 59.5 Å². The maximum atomic E-state index is 10.7. The number of nitrogens with zero attached hydrogens (tertiary/aromatic N) is 2. The molecule has 1 heterocycles. The van der Waals surface area contributed by atoms with E-state index < -0.39 is 0 Å². The summed E-state index contributed by atoms with van der Waals surface area (Å²) in [5, 5.41) is 11.8. The van der Waals surface area contributed by atoms with Crippen LogP contribution in [0.25, 0.3) is 11.0 Å². The van der Waals surface area contributed by atoms with Crippen LogP contribution in [0.4, 0.5) is 5.69 Å². The highest BCUT2D eigenvalue weighted by atomic mass is 16.6. The normalized spacial score (nSPS) is 12.7. The average molecular weight is 310 g/mol. The molecule has 5 nitrogen and oxygen atoms in total. The van der Waals surface area contributed by atoms with Gasteiger partial charge in [0.25, 0.3) is 5.69 Å². The van der Waals surface area contributed by atoms with Crippen molar-refractivity contribution in [3.05, 3.63) is 76.0 Å². The summed E-state index contributed by atoms with van der Waals surface area (Å²) in [5.41, 5.74) is 2.03. The van der Waals surface area contributed by atoms with Crippen LogP contribution in [0, 0.1) is 10.1 Å². The monoisotopic (exact) mass is 310 g/mol. The summed E-state index contributed by atoms with van der Waals surface area (Å²) >= 11 is 0. The van der Waals surface area contributed by atoms with Crippen LogP contribution in [0.1, 0.15) is 24.3 Å². The predicted octanol–water partition coefficient (Wildman–Crippen LogP) is 4.53. The highest BCUT2D eigenvalue weighted by Crippen LogP contribution is 2.27. The summed E-state index contributed by atoms with van der Waals surface area (Å²) < 4.78 is 5.91. The van der Waals surface area contributed by atoms with E-state index in [1.165, 1.54) is 12.1 Å². The summed E-state index contributed by atoms with van der Waals surface area (Å²) in [4.78, 5) is 12.5. The van der Waals surface area contributed by atoms with E-state index in [1.807, 2.05) is 31.3 Å². The van der Waals surface area contributed by atoms with Gasteiger partial charge in [-0.2, -0.15) is 0 Å². The summed E-state index contributed by atoms with van der Waals surface area (Å²) in [6, 6.07) is 16.8. The van der Waals surface area contributed by atoms with Gasteiger partial charge < -0.3 is 4.42 Å². The highest BCUT2D eigenvalue weighted by molar-refractivity contribution is 5.77. The fourth-order valence-corrected chi connectivity index (χ4v) is 2.57. The molecule has 0 unspecified atom stereocenters. The minimum atomic E-state index is -0.384. The lowest BCUT2D eigenvalue weighted by atomic mass is 10.1. The first kappa shape index (κ1) is 15.2. The van der Waals surface area contributed by atoms with Gasteiger partial charge in [0.2, 0.25) is 0 Å². The molecule has 3 rings (SSSR count). The Labute approximate surface area is 134 Å². The Morgan fingerprint density at radius 2 is 1.87 bits per heavy atom. The third-order valence-corrected chi connectivity index (χ3v) is 4.10. The van der Waals surface area contributed by atoms with Crippen LogP contribution in [0.2, 0.25) is 0 Å². The van der Waals surface area contributed by atoms with Crippen molar-refractivity contribution in [2.24, 2.45) is 0 Å². The smallest absolute Gasteiger partial charge is 0.269 e. The average Bonchev–Trinajstić information content (AvgIpc) is 2.98. The molecule has 0 bridgehead atoms. The number of furan rings is 1.